The Kier molecular flexibility index (Phi) is 4.29. The summed E-state index contributed by atoms with van der Waals surface area (Å²) in [7, 11) is 0. The summed E-state index contributed by atoms with van der Waals surface area (Å²) in [5.41, 5.74) is 2.06. The van der Waals surface area contributed by atoms with E-state index in [1.165, 1.54) is 24.4 Å². The molecule has 0 atom stereocenters. The fraction of sp³-hybridized carbons (Fsp3) is 0.0500. The second-order valence-corrected chi connectivity index (χ2v) is 6.18. The zero-order valence-electron chi connectivity index (χ0n) is 14.9. The Morgan fingerprint density at radius 3 is 2.75 bits per heavy atom. The fourth-order valence-electron chi connectivity index (χ4n) is 2.93. The van der Waals surface area contributed by atoms with Crippen molar-refractivity contribution in [1.82, 2.24) is 14.8 Å². The number of nitrogens with zero attached hydrogens (tertiary/aromatic N) is 4. The molecule has 1 amide bonds. The van der Waals surface area contributed by atoms with E-state index in [9.17, 15) is 14.9 Å². The highest BCUT2D eigenvalue weighted by Gasteiger charge is 2.17. The zero-order valence-corrected chi connectivity index (χ0v) is 14.9. The van der Waals surface area contributed by atoms with Gasteiger partial charge in [-0.05, 0) is 31.2 Å². The van der Waals surface area contributed by atoms with Crippen LogP contribution in [-0.2, 0) is 0 Å². The van der Waals surface area contributed by atoms with Gasteiger partial charge in [0.1, 0.15) is 0 Å². The first-order chi connectivity index (χ1) is 13.5. The number of non-ortho nitro benzene ring substituents is 1. The Labute approximate surface area is 159 Å². The predicted octanol–water partition coefficient (Wildman–Crippen LogP) is 3.89. The molecule has 4 rings (SSSR count). The van der Waals surface area contributed by atoms with Gasteiger partial charge >= 0.3 is 0 Å². The smallest absolute Gasteiger partial charge is 0.271 e. The Hall–Kier alpha value is -4.07. The van der Waals surface area contributed by atoms with Crippen LogP contribution in [-0.4, -0.2) is 25.6 Å². The zero-order chi connectivity index (χ0) is 19.7. The Morgan fingerprint density at radius 1 is 1.11 bits per heavy atom. The SMILES string of the molecule is Cc1c(C(=O)Nc2cccc([N+](=O)[O-])c2)cnn1-c1ccc2ccccc2n1. The number of nitro groups is 1. The van der Waals surface area contributed by atoms with Gasteiger partial charge in [-0.25, -0.2) is 9.67 Å². The minimum Gasteiger partial charge on any atom is -0.322 e. The molecule has 0 aliphatic carbocycles. The summed E-state index contributed by atoms with van der Waals surface area (Å²) in [6, 6.07) is 17.3. The number of nitrogens with one attached hydrogen (secondary N) is 1. The van der Waals surface area contributed by atoms with Crippen LogP contribution in [0.15, 0.2) is 66.9 Å². The standard InChI is InChI=1S/C20H15N5O3/c1-13-17(20(26)22-15-6-4-7-16(11-15)25(27)28)12-21-24(13)19-10-9-14-5-2-3-8-18(14)23-19/h2-12H,1H3,(H,22,26). The van der Waals surface area contributed by atoms with E-state index < -0.39 is 10.8 Å². The molecule has 4 aromatic rings. The molecule has 138 valence electrons. The molecular weight excluding hydrogens is 358 g/mol. The van der Waals surface area contributed by atoms with Crippen molar-refractivity contribution in [3.63, 3.8) is 0 Å². The van der Waals surface area contributed by atoms with Crippen LogP contribution in [0, 0.1) is 17.0 Å². The second kappa shape index (κ2) is 6.92. The van der Waals surface area contributed by atoms with Crippen molar-refractivity contribution < 1.29 is 9.72 Å². The molecule has 2 aromatic heterocycles. The van der Waals surface area contributed by atoms with Gasteiger partial charge < -0.3 is 5.32 Å². The number of rotatable bonds is 4. The van der Waals surface area contributed by atoms with Gasteiger partial charge in [0.15, 0.2) is 5.82 Å². The number of benzene rings is 2. The molecule has 0 radical (unpaired) electrons. The molecule has 0 aliphatic heterocycles. The summed E-state index contributed by atoms with van der Waals surface area (Å²) in [6.07, 6.45) is 1.46. The summed E-state index contributed by atoms with van der Waals surface area (Å²) in [5, 5.41) is 18.9. The first-order valence-electron chi connectivity index (χ1n) is 8.49. The molecule has 2 aromatic carbocycles. The molecule has 0 saturated carbocycles. The largest absolute Gasteiger partial charge is 0.322 e. The van der Waals surface area contributed by atoms with Gasteiger partial charge in [0.2, 0.25) is 0 Å². The van der Waals surface area contributed by atoms with E-state index in [4.69, 9.17) is 0 Å². The summed E-state index contributed by atoms with van der Waals surface area (Å²) in [6.45, 7) is 1.77. The van der Waals surface area contributed by atoms with Crippen molar-refractivity contribution in [2.75, 3.05) is 5.32 Å². The van der Waals surface area contributed by atoms with Crippen molar-refractivity contribution >= 4 is 28.2 Å². The molecule has 2 heterocycles. The van der Waals surface area contributed by atoms with Crippen LogP contribution in [0.4, 0.5) is 11.4 Å². The van der Waals surface area contributed by atoms with Crippen molar-refractivity contribution in [3.8, 4) is 5.82 Å². The second-order valence-electron chi connectivity index (χ2n) is 6.18. The molecule has 8 heteroatoms. The predicted molar refractivity (Wildman–Crippen MR) is 105 cm³/mol. The quantitative estimate of drug-likeness (QED) is 0.432. The summed E-state index contributed by atoms with van der Waals surface area (Å²) >= 11 is 0. The highest BCUT2D eigenvalue weighted by molar-refractivity contribution is 6.05. The maximum absolute atomic E-state index is 12.6. The number of aromatic nitrogens is 3. The van der Waals surface area contributed by atoms with Gasteiger partial charge in [-0.1, -0.05) is 24.3 Å². The van der Waals surface area contributed by atoms with Gasteiger partial charge in [-0.3, -0.25) is 14.9 Å². The van der Waals surface area contributed by atoms with Crippen LogP contribution in [0.25, 0.3) is 16.7 Å². The molecule has 8 nitrogen and oxygen atoms in total. The number of carbonyl (C=O) groups is 1. The highest BCUT2D eigenvalue weighted by Crippen LogP contribution is 2.20. The number of amides is 1. The van der Waals surface area contributed by atoms with E-state index >= 15 is 0 Å². The topological polar surface area (TPSA) is 103 Å². The van der Waals surface area contributed by atoms with Crippen LogP contribution in [0.5, 0.6) is 0 Å². The molecule has 28 heavy (non-hydrogen) atoms. The number of pyridine rings is 1. The van der Waals surface area contributed by atoms with Crippen LogP contribution >= 0.6 is 0 Å². The van der Waals surface area contributed by atoms with Crippen LogP contribution in [0.1, 0.15) is 16.1 Å². The van der Waals surface area contributed by atoms with Crippen molar-refractivity contribution in [1.29, 1.82) is 0 Å². The number of anilines is 1. The molecule has 0 unspecified atom stereocenters. The summed E-state index contributed by atoms with van der Waals surface area (Å²) < 4.78 is 1.59. The maximum Gasteiger partial charge on any atom is 0.271 e. The van der Waals surface area contributed by atoms with Gasteiger partial charge in [-0.15, -0.1) is 0 Å². The molecule has 0 fully saturated rings. The Morgan fingerprint density at radius 2 is 1.93 bits per heavy atom. The summed E-state index contributed by atoms with van der Waals surface area (Å²) in [4.78, 5) is 27.6. The maximum atomic E-state index is 12.6. The average molecular weight is 373 g/mol. The third-order valence-corrected chi connectivity index (χ3v) is 4.37. The molecule has 1 N–H and O–H groups in total. The lowest BCUT2D eigenvalue weighted by Gasteiger charge is -2.07. The fourth-order valence-corrected chi connectivity index (χ4v) is 2.93. The molecular formula is C20H15N5O3. The summed E-state index contributed by atoms with van der Waals surface area (Å²) in [5.74, 6) is 0.204. The Bertz CT molecular complexity index is 1220. The molecule has 0 spiro atoms. The normalized spacial score (nSPS) is 10.8. The molecule has 0 bridgehead atoms. The number of carbonyl (C=O) groups excluding carboxylic acids is 1. The van der Waals surface area contributed by atoms with E-state index in [0.29, 0.717) is 22.8 Å². The lowest BCUT2D eigenvalue weighted by atomic mass is 10.2. The minimum atomic E-state index is -0.510. The lowest BCUT2D eigenvalue weighted by molar-refractivity contribution is -0.384. The number of para-hydroxylation sites is 1. The van der Waals surface area contributed by atoms with E-state index in [1.54, 1.807) is 17.7 Å². The third-order valence-electron chi connectivity index (χ3n) is 4.37. The van der Waals surface area contributed by atoms with E-state index in [-0.39, 0.29) is 5.69 Å². The third kappa shape index (κ3) is 3.18. The van der Waals surface area contributed by atoms with E-state index in [1.807, 2.05) is 36.4 Å². The van der Waals surface area contributed by atoms with Crippen molar-refractivity contribution in [3.05, 3.63) is 88.2 Å². The highest BCUT2D eigenvalue weighted by atomic mass is 16.6. The van der Waals surface area contributed by atoms with Gasteiger partial charge in [0.05, 0.1) is 27.9 Å². The van der Waals surface area contributed by atoms with E-state index in [0.717, 1.165) is 10.9 Å². The minimum absolute atomic E-state index is 0.0921. The van der Waals surface area contributed by atoms with Crippen molar-refractivity contribution in [2.45, 2.75) is 6.92 Å². The van der Waals surface area contributed by atoms with Crippen LogP contribution in [0.2, 0.25) is 0 Å². The van der Waals surface area contributed by atoms with Crippen LogP contribution < -0.4 is 5.32 Å². The van der Waals surface area contributed by atoms with Gasteiger partial charge in [0.25, 0.3) is 11.6 Å². The lowest BCUT2D eigenvalue weighted by Crippen LogP contribution is -2.13. The number of nitro benzene ring substituents is 1. The number of fused-ring (bicyclic) bond motifs is 1. The Balaban J connectivity index is 1.63. The molecule has 0 saturated heterocycles. The first kappa shape index (κ1) is 17.3. The van der Waals surface area contributed by atoms with Gasteiger partial charge in [-0.2, -0.15) is 5.10 Å². The van der Waals surface area contributed by atoms with Crippen LogP contribution in [0.3, 0.4) is 0 Å². The van der Waals surface area contributed by atoms with Gasteiger partial charge in [0, 0.05) is 23.2 Å². The average Bonchev–Trinajstić information content (AvgIpc) is 3.09. The van der Waals surface area contributed by atoms with E-state index in [2.05, 4.69) is 15.4 Å². The van der Waals surface area contributed by atoms with Crippen molar-refractivity contribution in [2.24, 2.45) is 0 Å². The number of hydrogen-bond donors (Lipinski definition) is 1. The number of hydrogen-bond acceptors (Lipinski definition) is 5. The monoisotopic (exact) mass is 373 g/mol. The first-order valence-corrected chi connectivity index (χ1v) is 8.49. The molecule has 0 aliphatic rings.